The van der Waals surface area contributed by atoms with Gasteiger partial charge in [-0.25, -0.2) is 0 Å². The number of rotatable bonds is 10. The molecule has 0 bridgehead atoms. The fraction of sp³-hybridized carbons (Fsp3) is 0.734. The molecule has 26 heteroatoms. The van der Waals surface area contributed by atoms with Gasteiger partial charge in [0.1, 0.15) is 41.8 Å². The minimum Gasteiger partial charge on any atom is -0.351 e. The average molecular weight is 1290 g/mol. The molecule has 90 heavy (non-hydrogen) atoms. The molecule has 5 aliphatic rings. The fourth-order valence-corrected chi connectivity index (χ4v) is 13.5. The van der Waals surface area contributed by atoms with Crippen LogP contribution in [0.15, 0.2) is 18.2 Å². The summed E-state index contributed by atoms with van der Waals surface area (Å²) in [6, 6.07) is -4.40. The van der Waals surface area contributed by atoms with E-state index in [-0.39, 0.29) is 75.7 Å². The topological polar surface area (TPSA) is 259 Å². The van der Waals surface area contributed by atoms with Crippen LogP contribution in [-0.4, -0.2) is 216 Å². The third-order valence-electron chi connectivity index (χ3n) is 19.1. The number of carbonyl (C=O) groups excluding carboxylic acids is 11. The first kappa shape index (κ1) is 72.5. The summed E-state index contributed by atoms with van der Waals surface area (Å²) in [5.41, 5.74) is -2.21. The second-order valence-corrected chi connectivity index (χ2v) is 27.1. The maximum atomic E-state index is 15.0. The van der Waals surface area contributed by atoms with Crippen LogP contribution in [0.4, 0.5) is 13.2 Å². The molecule has 502 valence electrons. The quantitative estimate of drug-likeness (QED) is 0.245. The monoisotopic (exact) mass is 1290 g/mol. The van der Waals surface area contributed by atoms with Gasteiger partial charge in [-0.15, -0.1) is 0 Å². The Labute approximate surface area is 533 Å². The molecular weight excluding hydrogens is 1190 g/mol. The van der Waals surface area contributed by atoms with Gasteiger partial charge in [-0.2, -0.15) is 13.2 Å². The number of halogens is 4. The number of carbonyl (C=O) groups is 11. The fourth-order valence-electron chi connectivity index (χ4n) is 13.2. The van der Waals surface area contributed by atoms with Crippen molar-refractivity contribution in [2.45, 2.75) is 211 Å². The van der Waals surface area contributed by atoms with Crippen LogP contribution in [0.5, 0.6) is 0 Å². The van der Waals surface area contributed by atoms with Crippen molar-refractivity contribution in [3.63, 3.8) is 0 Å². The zero-order valence-electron chi connectivity index (χ0n) is 54.5. The predicted octanol–water partition coefficient (Wildman–Crippen LogP) is 4.92. The molecule has 1 spiro atoms. The maximum Gasteiger partial charge on any atom is 0.417 e. The van der Waals surface area contributed by atoms with Crippen molar-refractivity contribution < 1.29 is 65.9 Å². The summed E-state index contributed by atoms with van der Waals surface area (Å²) >= 11 is 6.11. The molecule has 3 saturated carbocycles. The lowest BCUT2D eigenvalue weighted by Crippen LogP contribution is -2.64. The van der Waals surface area contributed by atoms with Gasteiger partial charge in [-0.05, 0) is 112 Å². The molecule has 22 nitrogen and oxygen atoms in total. The van der Waals surface area contributed by atoms with Gasteiger partial charge in [0.15, 0.2) is 0 Å². The van der Waals surface area contributed by atoms with Gasteiger partial charge in [-0.3, -0.25) is 52.7 Å². The number of hydrogen-bond donors (Lipinski definition) is 4. The highest BCUT2D eigenvalue weighted by Gasteiger charge is 2.51. The Hall–Kier alpha value is -6.53. The predicted molar refractivity (Wildman–Crippen MR) is 330 cm³/mol. The molecule has 2 aliphatic heterocycles. The largest absolute Gasteiger partial charge is 0.417 e. The first-order chi connectivity index (χ1) is 42.3. The second-order valence-electron chi connectivity index (χ2n) is 26.7. The molecule has 3 aliphatic carbocycles. The van der Waals surface area contributed by atoms with Gasteiger partial charge in [0.05, 0.1) is 30.2 Å². The molecule has 1 aromatic rings. The van der Waals surface area contributed by atoms with Crippen molar-refractivity contribution in [1.29, 1.82) is 0 Å². The Morgan fingerprint density at radius 1 is 0.656 bits per heavy atom. The zero-order chi connectivity index (χ0) is 66.7. The van der Waals surface area contributed by atoms with Crippen LogP contribution >= 0.6 is 11.6 Å². The van der Waals surface area contributed by atoms with E-state index in [2.05, 4.69) is 21.3 Å². The highest BCUT2D eigenvalue weighted by molar-refractivity contribution is 6.31. The van der Waals surface area contributed by atoms with Crippen molar-refractivity contribution in [3.8, 4) is 0 Å². The highest BCUT2D eigenvalue weighted by Crippen LogP contribution is 2.40. The number of nitrogens with one attached hydrogen (secondary N) is 4. The number of alkyl halides is 3. The molecule has 2 heterocycles. The van der Waals surface area contributed by atoms with Gasteiger partial charge in [0.2, 0.25) is 65.0 Å². The highest BCUT2D eigenvalue weighted by atomic mass is 35.5. The van der Waals surface area contributed by atoms with Crippen LogP contribution in [0.1, 0.15) is 161 Å². The molecule has 1 unspecified atom stereocenters. The van der Waals surface area contributed by atoms with Gasteiger partial charge < -0.3 is 55.6 Å². The van der Waals surface area contributed by atoms with Crippen LogP contribution in [0.25, 0.3) is 0 Å². The molecule has 0 aromatic heterocycles. The number of likely N-dealkylation sites (N-methyl/N-ethyl adjacent to an activating group) is 6. The molecule has 4 N–H and O–H groups in total. The van der Waals surface area contributed by atoms with E-state index in [1.165, 1.54) is 68.0 Å². The molecule has 6 rings (SSSR count). The number of fused-ring (bicyclic) bond motifs is 1. The SMILES string of the molecule is CC[C@H](C)[C@@H]1NC(=O)[C@H](CC(C)C)N(C)C(=O)C[C@@H](C)NC(=O)[C@H](C2CC2)N(C)C(=O)C2(CCCC2)NC(=O)C2CCCN2C(=O)[C@H](CCc2ccc(C(F)(F)F)c(Cl)c2)NC(=O)CN(C)C(=O)[C@H](CC2CCCCC2)N(C)C(=O)CN(C)C(=O)CN(C)C1=O. The number of amides is 11. The molecule has 0 radical (unpaired) electrons. The lowest BCUT2D eigenvalue weighted by molar-refractivity contribution is -0.149. The van der Waals surface area contributed by atoms with Gasteiger partial charge >= 0.3 is 6.18 Å². The van der Waals surface area contributed by atoms with Gasteiger partial charge in [0.25, 0.3) is 0 Å². The van der Waals surface area contributed by atoms with E-state index in [1.54, 1.807) is 13.8 Å². The third-order valence-corrected chi connectivity index (χ3v) is 19.4. The van der Waals surface area contributed by atoms with Crippen LogP contribution in [0.2, 0.25) is 5.02 Å². The van der Waals surface area contributed by atoms with Gasteiger partial charge in [-0.1, -0.05) is 96.7 Å². The van der Waals surface area contributed by atoms with Crippen molar-refractivity contribution in [3.05, 3.63) is 34.3 Å². The zero-order valence-corrected chi connectivity index (χ0v) is 55.2. The minimum absolute atomic E-state index is 0.0364. The summed E-state index contributed by atoms with van der Waals surface area (Å²) < 4.78 is 41.3. The van der Waals surface area contributed by atoms with Crippen LogP contribution in [0, 0.1) is 23.7 Å². The van der Waals surface area contributed by atoms with E-state index in [4.69, 9.17) is 11.6 Å². The molecule has 8 atom stereocenters. The Kier molecular flexibility index (Phi) is 25.5. The van der Waals surface area contributed by atoms with Crippen LogP contribution < -0.4 is 21.3 Å². The standard InChI is InChI=1S/C64H97ClF3N11O11/c1-12-39(4)54-61(89)75(8)36-52(82)73(6)37-53(83)77(10)49(34-41-19-14-13-15-20-41)60(88)74(7)35-50(80)70-46(27-23-42-22-26-44(45(65)33-42)64(66,67)68)59(87)79-30-18-21-47(79)57(85)72-63(28-16-17-29-63)62(90)78(11)55(43-24-25-43)58(86)69-40(5)32-51(81)76(9)48(31-38(2)3)56(84)71-54/h22,26,33,38-41,43,46-49,54-55H,12-21,23-25,27-32,34-37H2,1-11H3,(H,69,86)(H,70,80)(H,71,84)(H,72,85)/t39-,40+,46-,47?,48-,49-,54-,55-/m0/s1. The van der Waals surface area contributed by atoms with Crippen molar-refractivity contribution in [1.82, 2.24) is 55.6 Å². The maximum absolute atomic E-state index is 15.0. The summed E-state index contributed by atoms with van der Waals surface area (Å²) in [7, 11) is 8.61. The van der Waals surface area contributed by atoms with Crippen molar-refractivity contribution >= 4 is 76.6 Å². The molecule has 5 fully saturated rings. The van der Waals surface area contributed by atoms with E-state index in [0.717, 1.165) is 58.9 Å². The first-order valence-electron chi connectivity index (χ1n) is 32.2. The molecular formula is C64H97ClF3N11O11. The van der Waals surface area contributed by atoms with Gasteiger partial charge in [0, 0.05) is 61.3 Å². The summed E-state index contributed by atoms with van der Waals surface area (Å²) in [6.45, 7) is 7.51. The third kappa shape index (κ3) is 18.6. The van der Waals surface area contributed by atoms with E-state index in [9.17, 15) is 61.1 Å². The van der Waals surface area contributed by atoms with E-state index in [0.29, 0.717) is 44.1 Å². The number of hydrogen-bond acceptors (Lipinski definition) is 11. The molecule has 11 amide bonds. The normalized spacial score (nSPS) is 27.1. The van der Waals surface area contributed by atoms with E-state index >= 15 is 4.79 Å². The summed E-state index contributed by atoms with van der Waals surface area (Å²) in [4.78, 5) is 168. The average Bonchev–Trinajstić information content (AvgIpc) is 1.59. The number of benzene rings is 1. The Bertz CT molecular complexity index is 2790. The number of nitrogens with zero attached hydrogens (tertiary/aromatic N) is 7. The van der Waals surface area contributed by atoms with E-state index in [1.807, 2.05) is 20.8 Å². The second kappa shape index (κ2) is 31.7. The Morgan fingerprint density at radius 2 is 1.28 bits per heavy atom. The smallest absolute Gasteiger partial charge is 0.351 e. The Morgan fingerprint density at radius 3 is 1.88 bits per heavy atom. The van der Waals surface area contributed by atoms with Crippen LogP contribution in [0.3, 0.4) is 0 Å². The summed E-state index contributed by atoms with van der Waals surface area (Å²) in [6.07, 6.45) is 3.48. The van der Waals surface area contributed by atoms with E-state index < -0.39 is 155 Å². The molecule has 1 aromatic carbocycles. The minimum atomic E-state index is -4.74. The van der Waals surface area contributed by atoms with Crippen molar-refractivity contribution in [2.75, 3.05) is 68.5 Å². The summed E-state index contributed by atoms with van der Waals surface area (Å²) in [5.74, 6) is -7.37. The Balaban J connectivity index is 1.35. The number of aryl methyl sites for hydroxylation is 1. The first-order valence-corrected chi connectivity index (χ1v) is 32.6. The van der Waals surface area contributed by atoms with Crippen LogP contribution in [-0.2, 0) is 65.3 Å². The summed E-state index contributed by atoms with van der Waals surface area (Å²) in [5, 5.41) is 11.0. The molecule has 2 saturated heterocycles. The lowest BCUT2D eigenvalue weighted by atomic mass is 9.84. The van der Waals surface area contributed by atoms with Crippen molar-refractivity contribution in [2.24, 2.45) is 23.7 Å². The lowest BCUT2D eigenvalue weighted by Gasteiger charge is -2.38.